The second-order valence-corrected chi connectivity index (χ2v) is 19.9. The molecule has 0 aliphatic carbocycles. The molecule has 0 atom stereocenters. The van der Waals surface area contributed by atoms with Crippen molar-refractivity contribution in [2.24, 2.45) is 0 Å². The van der Waals surface area contributed by atoms with Gasteiger partial charge in [-0.1, -0.05) is 0 Å². The van der Waals surface area contributed by atoms with Crippen LogP contribution >= 0.6 is 26.3 Å². The van der Waals surface area contributed by atoms with E-state index in [0.29, 0.717) is 0 Å². The van der Waals surface area contributed by atoms with Crippen molar-refractivity contribution < 1.29 is 0 Å². The minimum absolute atomic E-state index is 0.853. The van der Waals surface area contributed by atoms with Crippen LogP contribution in [0.3, 0.4) is 0 Å². The summed E-state index contributed by atoms with van der Waals surface area (Å²) < 4.78 is -1.35. The Kier molecular flexibility index (Phi) is 3.23. The molecule has 0 heterocycles. The van der Waals surface area contributed by atoms with Crippen molar-refractivity contribution in [3.8, 4) is 0 Å². The third-order valence-electron chi connectivity index (χ3n) is 3.05. The van der Waals surface area contributed by atoms with Crippen LogP contribution in [0.2, 0.25) is 0 Å². The molecule has 0 aromatic heterocycles. The topological polar surface area (TPSA) is 0 Å². The minimum atomic E-state index is -1.35. The fourth-order valence-corrected chi connectivity index (χ4v) is 1.79. The third kappa shape index (κ3) is 2.07. The Morgan fingerprint density at radius 2 is 1.10 bits per heavy atom. The zero-order chi connectivity index (χ0) is 8.60. The van der Waals surface area contributed by atoms with Crippen molar-refractivity contribution in [2.45, 2.75) is 39.0 Å². The third-order valence-corrected chi connectivity index (χ3v) is 15.8. The zero-order valence-electron chi connectivity index (χ0n) is 7.98. The molecule has 0 aromatic rings. The fraction of sp³-hybridized carbons (Fsp3) is 1.00. The molecule has 0 radical (unpaired) electrons. The Labute approximate surface area is 78.6 Å². The maximum atomic E-state index is 2.72. The van der Waals surface area contributed by atoms with Gasteiger partial charge in [0.15, 0.2) is 0 Å². The summed E-state index contributed by atoms with van der Waals surface area (Å²) in [5.41, 5.74) is 1.71. The van der Waals surface area contributed by atoms with Crippen molar-refractivity contribution in [2.75, 3.05) is 13.3 Å². The molecule has 64 valence electrons. The summed E-state index contributed by atoms with van der Waals surface area (Å²) in [6.45, 7) is 14.4. The number of rotatable bonds is 2. The Bertz CT molecular complexity index is 107. The van der Waals surface area contributed by atoms with E-state index >= 15 is 0 Å². The van der Waals surface area contributed by atoms with Gasteiger partial charge in [0.2, 0.25) is 0 Å². The van der Waals surface area contributed by atoms with E-state index < -0.39 is 4.25 Å². The van der Waals surface area contributed by atoms with E-state index in [-0.39, 0.29) is 0 Å². The molecule has 0 unspecified atom stereocenters. The van der Waals surface area contributed by atoms with Gasteiger partial charge in [-0.2, -0.15) is 0 Å². The first kappa shape index (κ1) is 11.2. The van der Waals surface area contributed by atoms with Gasteiger partial charge in [-0.3, -0.25) is 0 Å². The summed E-state index contributed by atoms with van der Waals surface area (Å²) >= 11 is 2.72. The van der Waals surface area contributed by atoms with Crippen molar-refractivity contribution in [3.05, 3.63) is 0 Å². The number of halogens is 1. The SMILES string of the molecule is CC(C)P(C)(C)(I)C(C)C. The van der Waals surface area contributed by atoms with E-state index in [2.05, 4.69) is 63.1 Å². The van der Waals surface area contributed by atoms with Crippen LogP contribution < -0.4 is 0 Å². The first-order chi connectivity index (χ1) is 4.17. The molecule has 0 nitrogen and oxygen atoms in total. The molecule has 0 bridgehead atoms. The standard InChI is InChI=1S/C8H20IP/c1-7(2)10(5,6,9)8(3)4/h7-8H,1-6H3. The van der Waals surface area contributed by atoms with Gasteiger partial charge in [0, 0.05) is 0 Å². The van der Waals surface area contributed by atoms with Crippen LogP contribution in [0.25, 0.3) is 0 Å². The van der Waals surface area contributed by atoms with Crippen LogP contribution in [0, 0.1) is 0 Å². The van der Waals surface area contributed by atoms with Crippen LogP contribution in [0.15, 0.2) is 0 Å². The Morgan fingerprint density at radius 1 is 0.900 bits per heavy atom. The van der Waals surface area contributed by atoms with E-state index in [1.165, 1.54) is 0 Å². The molecule has 0 rings (SSSR count). The Morgan fingerprint density at radius 3 is 1.10 bits per heavy atom. The summed E-state index contributed by atoms with van der Waals surface area (Å²) in [6.07, 6.45) is 0. The van der Waals surface area contributed by atoms with Gasteiger partial charge in [0.05, 0.1) is 0 Å². The van der Waals surface area contributed by atoms with Gasteiger partial charge in [-0.25, -0.2) is 0 Å². The normalized spacial score (nSPS) is 17.5. The zero-order valence-corrected chi connectivity index (χ0v) is 11.0. The molecule has 0 saturated heterocycles. The summed E-state index contributed by atoms with van der Waals surface area (Å²) in [6, 6.07) is 0. The van der Waals surface area contributed by atoms with Crippen LogP contribution in [-0.4, -0.2) is 24.6 Å². The van der Waals surface area contributed by atoms with E-state index in [1.54, 1.807) is 0 Å². The molecular formula is C8H20IP. The fourth-order valence-electron chi connectivity index (χ4n) is 0.596. The van der Waals surface area contributed by atoms with Crippen LogP contribution in [0.5, 0.6) is 0 Å². The van der Waals surface area contributed by atoms with Gasteiger partial charge in [-0.15, -0.1) is 0 Å². The molecule has 0 amide bonds. The van der Waals surface area contributed by atoms with E-state index in [4.69, 9.17) is 0 Å². The van der Waals surface area contributed by atoms with Gasteiger partial charge in [0.25, 0.3) is 0 Å². The van der Waals surface area contributed by atoms with E-state index in [0.717, 1.165) is 11.3 Å². The molecule has 0 N–H and O–H groups in total. The van der Waals surface area contributed by atoms with Gasteiger partial charge < -0.3 is 0 Å². The average Bonchev–Trinajstić information content (AvgIpc) is 1.63. The molecular weight excluding hydrogens is 254 g/mol. The maximum absolute atomic E-state index is 2.72. The molecule has 0 aliphatic rings. The van der Waals surface area contributed by atoms with Gasteiger partial charge in [-0.05, 0) is 0 Å². The average molecular weight is 274 g/mol. The van der Waals surface area contributed by atoms with Gasteiger partial charge >= 0.3 is 78.6 Å². The molecule has 0 saturated carbocycles. The van der Waals surface area contributed by atoms with Crippen LogP contribution in [0.4, 0.5) is 0 Å². The summed E-state index contributed by atoms with van der Waals surface area (Å²) in [7, 11) is 0. The second-order valence-electron chi connectivity index (χ2n) is 4.35. The molecule has 0 aliphatic heterocycles. The molecule has 2 heteroatoms. The quantitative estimate of drug-likeness (QED) is 0.528. The second kappa shape index (κ2) is 2.90. The predicted molar refractivity (Wildman–Crippen MR) is 63.1 cm³/mol. The van der Waals surface area contributed by atoms with E-state index in [1.807, 2.05) is 0 Å². The van der Waals surface area contributed by atoms with Crippen molar-refractivity contribution in [3.63, 3.8) is 0 Å². The molecule has 0 spiro atoms. The first-order valence-electron chi connectivity index (χ1n) is 3.89. The van der Waals surface area contributed by atoms with Gasteiger partial charge in [0.1, 0.15) is 0 Å². The Balaban J connectivity index is 4.59. The first-order valence-corrected chi connectivity index (χ1v) is 9.94. The molecule has 0 fully saturated rings. The van der Waals surface area contributed by atoms with Crippen molar-refractivity contribution >= 4 is 26.3 Å². The summed E-state index contributed by atoms with van der Waals surface area (Å²) in [4.78, 5) is 0. The molecule has 0 aromatic carbocycles. The van der Waals surface area contributed by atoms with Crippen molar-refractivity contribution in [1.82, 2.24) is 0 Å². The molecule has 10 heavy (non-hydrogen) atoms. The monoisotopic (exact) mass is 274 g/mol. The number of hydrogen-bond acceptors (Lipinski definition) is 0. The van der Waals surface area contributed by atoms with Crippen LogP contribution in [0.1, 0.15) is 27.7 Å². The number of hydrogen-bond donors (Lipinski definition) is 0. The van der Waals surface area contributed by atoms with Crippen LogP contribution in [-0.2, 0) is 0 Å². The summed E-state index contributed by atoms with van der Waals surface area (Å²) in [5.74, 6) is 0. The predicted octanol–water partition coefficient (Wildman–Crippen LogP) is 3.97. The van der Waals surface area contributed by atoms with Crippen molar-refractivity contribution in [1.29, 1.82) is 0 Å². The van der Waals surface area contributed by atoms with E-state index in [9.17, 15) is 0 Å². The Hall–Kier alpha value is 1.16. The summed E-state index contributed by atoms with van der Waals surface area (Å²) in [5, 5.41) is 0.